The molecule has 5 nitrogen and oxygen atoms in total. The molecular formula is C54H44O5. The minimum atomic E-state index is -1.01. The van der Waals surface area contributed by atoms with E-state index in [2.05, 4.69) is 115 Å². The fourth-order valence-corrected chi connectivity index (χ4v) is 8.36. The summed E-state index contributed by atoms with van der Waals surface area (Å²) >= 11 is 0. The molecule has 0 unspecified atom stereocenters. The Bertz CT molecular complexity index is 2860. The van der Waals surface area contributed by atoms with Gasteiger partial charge in [-0.1, -0.05) is 145 Å². The van der Waals surface area contributed by atoms with Gasteiger partial charge in [-0.3, -0.25) is 0 Å². The summed E-state index contributed by atoms with van der Waals surface area (Å²) in [5, 5.41) is 21.0. The summed E-state index contributed by atoms with van der Waals surface area (Å²) in [6.07, 6.45) is -0.375. The van der Waals surface area contributed by atoms with E-state index in [0.29, 0.717) is 19.6 Å². The number of hydrogen-bond acceptors (Lipinski definition) is 5. The number of ether oxygens (including phenoxy) is 4. The summed E-state index contributed by atoms with van der Waals surface area (Å²) in [5.41, 5.74) is 4.81. The molecule has 0 aliphatic rings. The molecule has 0 radical (unpaired) electrons. The topological polar surface area (TPSA) is 57.2 Å². The Labute approximate surface area is 344 Å². The Kier molecular flexibility index (Phi) is 10.7. The zero-order valence-corrected chi connectivity index (χ0v) is 33.2. The van der Waals surface area contributed by atoms with Crippen LogP contribution in [0.5, 0.6) is 11.5 Å². The molecule has 0 amide bonds. The van der Waals surface area contributed by atoms with Gasteiger partial charge in [0.05, 0.1) is 33.5 Å². The second-order valence-electron chi connectivity index (χ2n) is 14.8. The van der Waals surface area contributed by atoms with Gasteiger partial charge in [-0.15, -0.1) is 0 Å². The lowest BCUT2D eigenvalue weighted by Crippen LogP contribution is -2.36. The monoisotopic (exact) mass is 772 g/mol. The van der Waals surface area contributed by atoms with Crippen molar-refractivity contribution < 1.29 is 24.1 Å². The molecule has 0 saturated carbocycles. The lowest BCUT2D eigenvalue weighted by atomic mass is 9.80. The van der Waals surface area contributed by atoms with Crippen LogP contribution in [0.25, 0.3) is 43.1 Å². The highest BCUT2D eigenvalue weighted by molar-refractivity contribution is 6.23. The standard InChI is InChI=1S/C54H44O5/c1-56-47-28-24-44(25-29-47)54(43-11-4-3-5-12-43,45-26-30-48(57-2)31-27-45)59-36-46(55)33-34-58-35-42-22-18-37(49-13-6-7-14-50(42)49)15-16-38-17-19-41-21-20-39-9-8-10-40-23-32-51(38)53(41)52(39)40/h3-14,17-32,46,55H,33-36H2,1-2H3/t46-/m0/s1. The average Bonchev–Trinajstić information content (AvgIpc) is 3.30. The number of aliphatic hydroxyl groups excluding tert-OH is 1. The lowest BCUT2D eigenvalue weighted by molar-refractivity contribution is -0.0474. The fourth-order valence-electron chi connectivity index (χ4n) is 8.36. The molecule has 0 fully saturated rings. The SMILES string of the molecule is COc1ccc(C(OC[C@@H](O)CCOCc2ccc(C#Cc3ccc4ccc5cccc6ccc3c4c56)c3ccccc23)(c2ccccc2)c2ccc(OC)cc2)cc1. The van der Waals surface area contributed by atoms with Crippen molar-refractivity contribution in [1.82, 2.24) is 0 Å². The van der Waals surface area contributed by atoms with E-state index in [1.54, 1.807) is 14.2 Å². The first-order chi connectivity index (χ1) is 29.1. The maximum atomic E-state index is 11.4. The van der Waals surface area contributed by atoms with Gasteiger partial charge in [-0.05, 0) is 108 Å². The number of methoxy groups -OCH3 is 2. The van der Waals surface area contributed by atoms with Crippen LogP contribution in [0.4, 0.5) is 0 Å². The number of hydrogen-bond donors (Lipinski definition) is 1. The van der Waals surface area contributed by atoms with E-state index in [4.69, 9.17) is 18.9 Å². The van der Waals surface area contributed by atoms with Gasteiger partial charge in [0.15, 0.2) is 0 Å². The van der Waals surface area contributed by atoms with Gasteiger partial charge in [-0.25, -0.2) is 0 Å². The maximum Gasteiger partial charge on any atom is 0.143 e. The molecule has 0 bridgehead atoms. The summed E-state index contributed by atoms with van der Waals surface area (Å²) in [6.45, 7) is 0.847. The first kappa shape index (κ1) is 37.9. The van der Waals surface area contributed by atoms with Crippen molar-refractivity contribution in [2.24, 2.45) is 0 Å². The van der Waals surface area contributed by atoms with Gasteiger partial charge < -0.3 is 24.1 Å². The van der Waals surface area contributed by atoms with Gasteiger partial charge in [0.25, 0.3) is 0 Å². The first-order valence-corrected chi connectivity index (χ1v) is 20.0. The Balaban J connectivity index is 0.911. The Hall–Kier alpha value is -6.68. The van der Waals surface area contributed by atoms with Crippen LogP contribution in [0, 0.1) is 11.8 Å². The fraction of sp³-hybridized carbons (Fsp3) is 0.148. The molecule has 0 aromatic heterocycles. The largest absolute Gasteiger partial charge is 0.497 e. The third-order valence-corrected chi connectivity index (χ3v) is 11.4. The number of aliphatic hydroxyl groups is 1. The van der Waals surface area contributed by atoms with Crippen molar-refractivity contribution in [2.45, 2.75) is 24.7 Å². The molecule has 1 atom stereocenters. The third kappa shape index (κ3) is 7.35. The quantitative estimate of drug-likeness (QED) is 0.0547. The predicted molar refractivity (Wildman–Crippen MR) is 239 cm³/mol. The maximum absolute atomic E-state index is 11.4. The normalized spacial score (nSPS) is 12.2. The number of fused-ring (bicyclic) bond motifs is 1. The highest BCUT2D eigenvalue weighted by Crippen LogP contribution is 2.42. The van der Waals surface area contributed by atoms with Crippen molar-refractivity contribution >= 4 is 43.1 Å². The van der Waals surface area contributed by atoms with Crippen molar-refractivity contribution in [1.29, 1.82) is 0 Å². The highest BCUT2D eigenvalue weighted by atomic mass is 16.5. The molecule has 0 aliphatic heterocycles. The van der Waals surface area contributed by atoms with Crippen molar-refractivity contribution in [2.75, 3.05) is 27.4 Å². The molecule has 9 aromatic carbocycles. The first-order valence-electron chi connectivity index (χ1n) is 20.0. The van der Waals surface area contributed by atoms with Crippen LogP contribution in [0.15, 0.2) is 170 Å². The van der Waals surface area contributed by atoms with Crippen LogP contribution in [0.2, 0.25) is 0 Å². The molecule has 0 spiro atoms. The summed E-state index contributed by atoms with van der Waals surface area (Å²) in [7, 11) is 3.31. The average molecular weight is 773 g/mol. The molecular weight excluding hydrogens is 729 g/mol. The van der Waals surface area contributed by atoms with Crippen LogP contribution in [0.1, 0.15) is 39.8 Å². The molecule has 59 heavy (non-hydrogen) atoms. The Morgan fingerprint density at radius 3 is 1.71 bits per heavy atom. The summed E-state index contributed by atoms with van der Waals surface area (Å²) in [4.78, 5) is 0. The molecule has 290 valence electrons. The zero-order valence-electron chi connectivity index (χ0n) is 33.2. The van der Waals surface area contributed by atoms with E-state index in [9.17, 15) is 5.11 Å². The molecule has 5 heteroatoms. The van der Waals surface area contributed by atoms with Gasteiger partial charge >= 0.3 is 0 Å². The van der Waals surface area contributed by atoms with Crippen molar-refractivity contribution in [3.8, 4) is 23.3 Å². The van der Waals surface area contributed by atoms with E-state index in [1.165, 1.54) is 32.3 Å². The minimum absolute atomic E-state index is 0.0821. The van der Waals surface area contributed by atoms with Crippen LogP contribution in [0.3, 0.4) is 0 Å². The van der Waals surface area contributed by atoms with Crippen molar-refractivity contribution in [3.63, 3.8) is 0 Å². The Morgan fingerprint density at radius 2 is 1.05 bits per heavy atom. The molecule has 0 heterocycles. The summed E-state index contributed by atoms with van der Waals surface area (Å²) < 4.78 is 24.1. The Morgan fingerprint density at radius 1 is 0.508 bits per heavy atom. The minimum Gasteiger partial charge on any atom is -0.497 e. The van der Waals surface area contributed by atoms with E-state index in [-0.39, 0.29) is 6.61 Å². The zero-order chi connectivity index (χ0) is 40.2. The van der Waals surface area contributed by atoms with Crippen LogP contribution in [-0.4, -0.2) is 38.6 Å². The van der Waals surface area contributed by atoms with Gasteiger partial charge in [-0.2, -0.15) is 0 Å². The predicted octanol–water partition coefficient (Wildman–Crippen LogP) is 11.4. The van der Waals surface area contributed by atoms with Crippen LogP contribution >= 0.6 is 0 Å². The van der Waals surface area contributed by atoms with Gasteiger partial charge in [0.2, 0.25) is 0 Å². The molecule has 0 saturated heterocycles. The number of rotatable bonds is 13. The van der Waals surface area contributed by atoms with E-state index < -0.39 is 11.7 Å². The van der Waals surface area contributed by atoms with Crippen LogP contribution < -0.4 is 9.47 Å². The van der Waals surface area contributed by atoms with E-state index in [1.807, 2.05) is 66.7 Å². The third-order valence-electron chi connectivity index (χ3n) is 11.4. The summed E-state index contributed by atoms with van der Waals surface area (Å²) in [5.74, 6) is 8.53. The number of benzene rings is 9. The molecule has 9 aromatic rings. The van der Waals surface area contributed by atoms with E-state index >= 15 is 0 Å². The van der Waals surface area contributed by atoms with Gasteiger partial charge in [0.1, 0.15) is 17.1 Å². The van der Waals surface area contributed by atoms with E-state index in [0.717, 1.165) is 55.7 Å². The second kappa shape index (κ2) is 16.7. The second-order valence-corrected chi connectivity index (χ2v) is 14.8. The molecule has 0 aliphatic carbocycles. The summed E-state index contributed by atoms with van der Waals surface area (Å²) in [6, 6.07) is 58.0. The smallest absolute Gasteiger partial charge is 0.143 e. The van der Waals surface area contributed by atoms with Crippen LogP contribution in [-0.2, 0) is 21.7 Å². The molecule has 1 N–H and O–H groups in total. The molecule has 9 rings (SSSR count). The highest BCUT2D eigenvalue weighted by Gasteiger charge is 2.38. The lowest BCUT2D eigenvalue weighted by Gasteiger charge is -2.36. The van der Waals surface area contributed by atoms with Crippen molar-refractivity contribution in [3.05, 3.63) is 203 Å². The van der Waals surface area contributed by atoms with Gasteiger partial charge in [0, 0.05) is 17.7 Å².